The molecule has 0 spiro atoms. The number of aromatic nitrogens is 3. The summed E-state index contributed by atoms with van der Waals surface area (Å²) in [7, 11) is 0. The van der Waals surface area contributed by atoms with E-state index < -0.39 is 0 Å². The number of nitrogens with two attached hydrogens (primary N) is 1. The molecule has 6 nitrogen and oxygen atoms in total. The maximum atomic E-state index is 12.0. The van der Waals surface area contributed by atoms with E-state index in [2.05, 4.69) is 15.4 Å². The van der Waals surface area contributed by atoms with Gasteiger partial charge in [0.1, 0.15) is 5.82 Å². The topological polar surface area (TPSA) is 85.8 Å². The third kappa shape index (κ3) is 2.67. The lowest BCUT2D eigenvalue weighted by atomic mass is 10.2. The maximum Gasteiger partial charge on any atom is 0.267 e. The summed E-state index contributed by atoms with van der Waals surface area (Å²) in [4.78, 5) is 20.2. The standard InChI is InChI=1S/C11H12IN5O/c1-7-10(12)11(18)17(6-15-7)5-8-2-3-14-9(4-8)16-13/h2-4,6H,5,13H2,1H3,(H,14,16). The molecule has 0 unspecified atom stereocenters. The summed E-state index contributed by atoms with van der Waals surface area (Å²) in [5, 5.41) is 0. The minimum absolute atomic E-state index is 0.0397. The largest absolute Gasteiger partial charge is 0.308 e. The van der Waals surface area contributed by atoms with E-state index in [1.807, 2.05) is 35.6 Å². The fraction of sp³-hybridized carbons (Fsp3) is 0.182. The van der Waals surface area contributed by atoms with Gasteiger partial charge >= 0.3 is 0 Å². The van der Waals surface area contributed by atoms with Gasteiger partial charge in [-0.25, -0.2) is 15.8 Å². The van der Waals surface area contributed by atoms with Crippen molar-refractivity contribution in [2.24, 2.45) is 5.84 Å². The Labute approximate surface area is 117 Å². The van der Waals surface area contributed by atoms with Gasteiger partial charge in [-0.2, -0.15) is 0 Å². The van der Waals surface area contributed by atoms with Gasteiger partial charge in [-0.3, -0.25) is 9.36 Å². The van der Waals surface area contributed by atoms with E-state index in [1.165, 1.54) is 0 Å². The maximum absolute atomic E-state index is 12.0. The first-order valence-corrected chi connectivity index (χ1v) is 6.33. The molecule has 18 heavy (non-hydrogen) atoms. The molecule has 2 aromatic rings. The van der Waals surface area contributed by atoms with Crippen molar-refractivity contribution in [3.8, 4) is 0 Å². The van der Waals surface area contributed by atoms with Crippen molar-refractivity contribution in [1.29, 1.82) is 0 Å². The molecule has 0 amide bonds. The van der Waals surface area contributed by atoms with Crippen molar-refractivity contribution >= 4 is 28.4 Å². The van der Waals surface area contributed by atoms with Crippen LogP contribution in [0.5, 0.6) is 0 Å². The first-order chi connectivity index (χ1) is 8.61. The van der Waals surface area contributed by atoms with E-state index in [4.69, 9.17) is 5.84 Å². The number of nitrogens with one attached hydrogen (secondary N) is 1. The molecule has 7 heteroatoms. The molecular weight excluding hydrogens is 345 g/mol. The number of aryl methyl sites for hydroxylation is 1. The number of halogens is 1. The molecule has 0 aliphatic carbocycles. The minimum Gasteiger partial charge on any atom is -0.308 e. The number of pyridine rings is 1. The number of hydrazine groups is 1. The van der Waals surface area contributed by atoms with E-state index in [-0.39, 0.29) is 5.56 Å². The van der Waals surface area contributed by atoms with E-state index in [0.29, 0.717) is 15.9 Å². The molecule has 0 aromatic carbocycles. The van der Waals surface area contributed by atoms with Crippen LogP contribution in [0, 0.1) is 10.5 Å². The highest BCUT2D eigenvalue weighted by Crippen LogP contribution is 2.07. The summed E-state index contributed by atoms with van der Waals surface area (Å²) in [6.07, 6.45) is 3.19. The number of rotatable bonds is 3. The molecule has 0 saturated heterocycles. The lowest BCUT2D eigenvalue weighted by Gasteiger charge is -2.08. The Morgan fingerprint density at radius 3 is 3.00 bits per heavy atom. The van der Waals surface area contributed by atoms with Crippen LogP contribution >= 0.6 is 22.6 Å². The normalized spacial score (nSPS) is 10.4. The molecule has 0 saturated carbocycles. The van der Waals surface area contributed by atoms with Gasteiger partial charge < -0.3 is 5.43 Å². The van der Waals surface area contributed by atoms with Crippen molar-refractivity contribution in [3.63, 3.8) is 0 Å². The molecule has 0 aliphatic heterocycles. The van der Waals surface area contributed by atoms with Gasteiger partial charge in [0.2, 0.25) is 0 Å². The fourth-order valence-corrected chi connectivity index (χ4v) is 1.96. The molecule has 0 bridgehead atoms. The zero-order valence-electron chi connectivity index (χ0n) is 9.72. The number of hydrogen-bond acceptors (Lipinski definition) is 5. The SMILES string of the molecule is Cc1ncn(Cc2ccnc(NN)c2)c(=O)c1I. The third-order valence-corrected chi connectivity index (χ3v) is 3.72. The monoisotopic (exact) mass is 357 g/mol. The van der Waals surface area contributed by atoms with E-state index in [1.54, 1.807) is 23.2 Å². The molecule has 0 atom stereocenters. The number of hydrogen-bond donors (Lipinski definition) is 2. The summed E-state index contributed by atoms with van der Waals surface area (Å²) < 4.78 is 2.20. The van der Waals surface area contributed by atoms with Crippen molar-refractivity contribution in [2.45, 2.75) is 13.5 Å². The van der Waals surface area contributed by atoms with Gasteiger partial charge in [0, 0.05) is 6.20 Å². The molecule has 0 fully saturated rings. The first kappa shape index (κ1) is 13.0. The predicted octanol–water partition coefficient (Wildman–Crippen LogP) is 0.885. The van der Waals surface area contributed by atoms with Crippen molar-refractivity contribution in [3.05, 3.63) is 49.8 Å². The second-order valence-corrected chi connectivity index (χ2v) is 4.85. The highest BCUT2D eigenvalue weighted by molar-refractivity contribution is 14.1. The molecule has 2 aromatic heterocycles. The minimum atomic E-state index is -0.0397. The van der Waals surface area contributed by atoms with Crippen LogP contribution in [0.4, 0.5) is 5.82 Å². The average molecular weight is 357 g/mol. The zero-order valence-corrected chi connectivity index (χ0v) is 11.9. The Balaban J connectivity index is 2.34. The van der Waals surface area contributed by atoms with Crippen LogP contribution in [-0.2, 0) is 6.54 Å². The van der Waals surface area contributed by atoms with Crippen LogP contribution in [0.2, 0.25) is 0 Å². The fourth-order valence-electron chi connectivity index (χ4n) is 1.51. The lowest BCUT2D eigenvalue weighted by Crippen LogP contribution is -2.24. The summed E-state index contributed by atoms with van der Waals surface area (Å²) in [6, 6.07) is 3.62. The van der Waals surface area contributed by atoms with Crippen LogP contribution in [0.15, 0.2) is 29.5 Å². The molecule has 94 valence electrons. The smallest absolute Gasteiger partial charge is 0.267 e. The molecule has 3 N–H and O–H groups in total. The summed E-state index contributed by atoms with van der Waals surface area (Å²) in [5.74, 6) is 5.86. The number of nitrogen functional groups attached to an aromatic ring is 1. The summed E-state index contributed by atoms with van der Waals surface area (Å²) >= 11 is 2.01. The van der Waals surface area contributed by atoms with Gasteiger partial charge in [-0.05, 0) is 47.2 Å². The van der Waals surface area contributed by atoms with Gasteiger partial charge in [-0.1, -0.05) is 0 Å². The van der Waals surface area contributed by atoms with Crippen LogP contribution < -0.4 is 16.8 Å². The first-order valence-electron chi connectivity index (χ1n) is 5.25. The lowest BCUT2D eigenvalue weighted by molar-refractivity contribution is 0.723. The van der Waals surface area contributed by atoms with Crippen molar-refractivity contribution in [1.82, 2.24) is 14.5 Å². The van der Waals surface area contributed by atoms with Crippen molar-refractivity contribution < 1.29 is 0 Å². The highest BCUT2D eigenvalue weighted by Gasteiger charge is 2.06. The predicted molar refractivity (Wildman–Crippen MR) is 77.1 cm³/mol. The van der Waals surface area contributed by atoms with Gasteiger partial charge in [0.25, 0.3) is 5.56 Å². The quantitative estimate of drug-likeness (QED) is 0.484. The molecule has 0 radical (unpaired) electrons. The van der Waals surface area contributed by atoms with Crippen LogP contribution in [0.25, 0.3) is 0 Å². The zero-order chi connectivity index (χ0) is 13.1. The molecular formula is C11H12IN5O. The van der Waals surface area contributed by atoms with Gasteiger partial charge in [0.15, 0.2) is 0 Å². The molecule has 2 heterocycles. The Kier molecular flexibility index (Phi) is 3.92. The van der Waals surface area contributed by atoms with Crippen LogP contribution in [-0.4, -0.2) is 14.5 Å². The Morgan fingerprint density at radius 2 is 2.28 bits per heavy atom. The van der Waals surface area contributed by atoms with E-state index in [0.717, 1.165) is 11.3 Å². The average Bonchev–Trinajstić information content (AvgIpc) is 2.40. The Morgan fingerprint density at radius 1 is 1.50 bits per heavy atom. The summed E-state index contributed by atoms with van der Waals surface area (Å²) in [6.45, 7) is 2.26. The second-order valence-electron chi connectivity index (χ2n) is 3.77. The van der Waals surface area contributed by atoms with Crippen LogP contribution in [0.3, 0.4) is 0 Å². The number of nitrogens with zero attached hydrogens (tertiary/aromatic N) is 3. The third-order valence-electron chi connectivity index (χ3n) is 2.48. The highest BCUT2D eigenvalue weighted by atomic mass is 127. The molecule has 0 aliphatic rings. The van der Waals surface area contributed by atoms with Crippen LogP contribution in [0.1, 0.15) is 11.3 Å². The van der Waals surface area contributed by atoms with E-state index in [9.17, 15) is 4.79 Å². The van der Waals surface area contributed by atoms with E-state index >= 15 is 0 Å². The van der Waals surface area contributed by atoms with Gasteiger partial charge in [-0.15, -0.1) is 0 Å². The van der Waals surface area contributed by atoms with Crippen molar-refractivity contribution in [2.75, 3.05) is 5.43 Å². The number of anilines is 1. The molecule has 2 rings (SSSR count). The van der Waals surface area contributed by atoms with Gasteiger partial charge in [0.05, 0.1) is 22.1 Å². The summed E-state index contributed by atoms with van der Waals surface area (Å²) in [5.41, 5.74) is 4.11. The Bertz CT molecular complexity index is 625. The second kappa shape index (κ2) is 5.44. The Hall–Kier alpha value is -1.48.